The van der Waals surface area contributed by atoms with Crippen molar-refractivity contribution >= 4 is 17.3 Å². The van der Waals surface area contributed by atoms with Crippen LogP contribution in [-0.4, -0.2) is 11.1 Å². The number of hydrogen-bond donors (Lipinski definition) is 1. The molecule has 0 aliphatic rings. The van der Waals surface area contributed by atoms with E-state index in [0.717, 1.165) is 6.42 Å². The quantitative estimate of drug-likeness (QED) is 0.714. The van der Waals surface area contributed by atoms with Crippen LogP contribution in [0.4, 0.5) is 0 Å². The summed E-state index contributed by atoms with van der Waals surface area (Å²) in [6.07, 6.45) is 7.34. The fraction of sp³-hybridized carbons (Fsp3) is 0.583. The number of thiophene rings is 1. The molecule has 1 aromatic heterocycles. The van der Waals surface area contributed by atoms with Gasteiger partial charge in [-0.15, -0.1) is 11.3 Å². The topological polar surface area (TPSA) is 37.3 Å². The number of unbranched alkanes of at least 4 members (excludes halogenated alkanes) is 4. The Hall–Kier alpha value is -0.830. The maximum atomic E-state index is 10.6. The first kappa shape index (κ1) is 12.2. The van der Waals surface area contributed by atoms with Crippen LogP contribution in [0.1, 0.15) is 53.6 Å². The Morgan fingerprint density at radius 2 is 2.00 bits per heavy atom. The molecule has 0 bridgehead atoms. The molecule has 0 saturated carbocycles. The normalized spacial score (nSPS) is 10.5. The fourth-order valence-electron chi connectivity index (χ4n) is 1.53. The molecule has 0 atom stereocenters. The minimum Gasteiger partial charge on any atom is -0.477 e. The summed E-state index contributed by atoms with van der Waals surface area (Å²) in [4.78, 5) is 12.3. The summed E-state index contributed by atoms with van der Waals surface area (Å²) in [5.74, 6) is -0.808. The van der Waals surface area contributed by atoms with E-state index in [4.69, 9.17) is 5.11 Å². The first-order valence-electron chi connectivity index (χ1n) is 5.56. The molecule has 1 N–H and O–H groups in total. The third kappa shape index (κ3) is 4.47. The zero-order valence-corrected chi connectivity index (χ0v) is 9.98. The van der Waals surface area contributed by atoms with Crippen molar-refractivity contribution in [2.45, 2.75) is 45.4 Å². The predicted molar refractivity (Wildman–Crippen MR) is 63.7 cm³/mol. The Kier molecular flexibility index (Phi) is 5.40. The van der Waals surface area contributed by atoms with E-state index in [1.165, 1.54) is 48.3 Å². The fourth-order valence-corrected chi connectivity index (χ4v) is 2.42. The summed E-state index contributed by atoms with van der Waals surface area (Å²) in [6.45, 7) is 2.21. The van der Waals surface area contributed by atoms with Crippen molar-refractivity contribution in [3.8, 4) is 0 Å². The maximum Gasteiger partial charge on any atom is 0.345 e. The second-order valence-electron chi connectivity index (χ2n) is 3.74. The molecule has 0 fully saturated rings. The molecule has 0 saturated heterocycles. The SMILES string of the molecule is CCCCCCCc1ccc(C(=O)O)s1. The molecular weight excluding hydrogens is 208 g/mol. The van der Waals surface area contributed by atoms with Crippen LogP contribution < -0.4 is 0 Å². The summed E-state index contributed by atoms with van der Waals surface area (Å²) in [5.41, 5.74) is 0. The summed E-state index contributed by atoms with van der Waals surface area (Å²) in [5, 5.41) is 8.75. The van der Waals surface area contributed by atoms with Gasteiger partial charge in [0.2, 0.25) is 0 Å². The van der Waals surface area contributed by atoms with Gasteiger partial charge in [-0.3, -0.25) is 0 Å². The van der Waals surface area contributed by atoms with Gasteiger partial charge in [0.25, 0.3) is 0 Å². The van der Waals surface area contributed by atoms with Gasteiger partial charge in [-0.1, -0.05) is 32.6 Å². The number of hydrogen-bond acceptors (Lipinski definition) is 2. The van der Waals surface area contributed by atoms with Crippen molar-refractivity contribution in [1.82, 2.24) is 0 Å². The van der Waals surface area contributed by atoms with E-state index in [0.29, 0.717) is 4.88 Å². The summed E-state index contributed by atoms with van der Waals surface area (Å²) < 4.78 is 0. The van der Waals surface area contributed by atoms with Crippen molar-refractivity contribution in [3.63, 3.8) is 0 Å². The van der Waals surface area contributed by atoms with Gasteiger partial charge in [0, 0.05) is 4.88 Å². The van der Waals surface area contributed by atoms with Gasteiger partial charge in [-0.25, -0.2) is 4.79 Å². The van der Waals surface area contributed by atoms with E-state index in [2.05, 4.69) is 6.92 Å². The third-order valence-corrected chi connectivity index (χ3v) is 3.53. The van der Waals surface area contributed by atoms with Crippen LogP contribution in [-0.2, 0) is 6.42 Å². The summed E-state index contributed by atoms with van der Waals surface area (Å²) in [7, 11) is 0. The minimum atomic E-state index is -0.808. The molecule has 2 nitrogen and oxygen atoms in total. The molecule has 0 aliphatic heterocycles. The van der Waals surface area contributed by atoms with Crippen molar-refractivity contribution in [2.24, 2.45) is 0 Å². The number of carbonyl (C=O) groups is 1. The number of carboxylic acid groups (broad SMARTS) is 1. The summed E-state index contributed by atoms with van der Waals surface area (Å²) >= 11 is 1.41. The Balaban J connectivity index is 2.23. The van der Waals surface area contributed by atoms with Gasteiger partial charge in [-0.2, -0.15) is 0 Å². The number of aryl methyl sites for hydroxylation is 1. The van der Waals surface area contributed by atoms with Crippen LogP contribution >= 0.6 is 11.3 Å². The highest BCUT2D eigenvalue weighted by molar-refractivity contribution is 7.13. The Morgan fingerprint density at radius 1 is 1.27 bits per heavy atom. The molecule has 0 aromatic carbocycles. The molecule has 0 amide bonds. The first-order valence-corrected chi connectivity index (χ1v) is 6.37. The molecule has 3 heteroatoms. The number of aromatic carboxylic acids is 1. The lowest BCUT2D eigenvalue weighted by Crippen LogP contribution is -1.89. The van der Waals surface area contributed by atoms with E-state index in [1.54, 1.807) is 6.07 Å². The average molecular weight is 226 g/mol. The molecule has 1 aromatic rings. The standard InChI is InChI=1S/C12H18O2S/c1-2-3-4-5-6-7-10-8-9-11(15-10)12(13)14/h8-9H,2-7H2,1H3,(H,13,14). The van der Waals surface area contributed by atoms with Crippen LogP contribution in [0.3, 0.4) is 0 Å². The Bertz CT molecular complexity index is 304. The molecular formula is C12H18O2S. The zero-order chi connectivity index (χ0) is 11.1. The highest BCUT2D eigenvalue weighted by Gasteiger charge is 2.06. The van der Waals surface area contributed by atoms with E-state index >= 15 is 0 Å². The van der Waals surface area contributed by atoms with Crippen LogP contribution in [0.15, 0.2) is 12.1 Å². The largest absolute Gasteiger partial charge is 0.477 e. The van der Waals surface area contributed by atoms with Gasteiger partial charge in [-0.05, 0) is 25.0 Å². The van der Waals surface area contributed by atoms with Gasteiger partial charge >= 0.3 is 5.97 Å². The average Bonchev–Trinajstić information content (AvgIpc) is 2.66. The lowest BCUT2D eigenvalue weighted by molar-refractivity contribution is 0.0702. The van der Waals surface area contributed by atoms with Gasteiger partial charge in [0.1, 0.15) is 4.88 Å². The van der Waals surface area contributed by atoms with E-state index < -0.39 is 5.97 Å². The molecule has 0 spiro atoms. The lowest BCUT2D eigenvalue weighted by atomic mass is 10.1. The predicted octanol–water partition coefficient (Wildman–Crippen LogP) is 3.96. The summed E-state index contributed by atoms with van der Waals surface area (Å²) in [6, 6.07) is 3.64. The molecule has 84 valence electrons. The monoisotopic (exact) mass is 226 g/mol. The first-order chi connectivity index (χ1) is 7.24. The van der Waals surface area contributed by atoms with Crippen LogP contribution in [0, 0.1) is 0 Å². The highest BCUT2D eigenvalue weighted by Crippen LogP contribution is 2.19. The van der Waals surface area contributed by atoms with Crippen molar-refractivity contribution in [2.75, 3.05) is 0 Å². The molecule has 0 unspecified atom stereocenters. The zero-order valence-electron chi connectivity index (χ0n) is 9.16. The van der Waals surface area contributed by atoms with Crippen LogP contribution in [0.2, 0.25) is 0 Å². The van der Waals surface area contributed by atoms with Gasteiger partial charge < -0.3 is 5.11 Å². The van der Waals surface area contributed by atoms with Crippen molar-refractivity contribution in [3.05, 3.63) is 21.9 Å². The molecule has 0 aliphatic carbocycles. The van der Waals surface area contributed by atoms with E-state index in [9.17, 15) is 4.79 Å². The van der Waals surface area contributed by atoms with Crippen molar-refractivity contribution in [1.29, 1.82) is 0 Å². The maximum absolute atomic E-state index is 10.6. The van der Waals surface area contributed by atoms with Gasteiger partial charge in [0.15, 0.2) is 0 Å². The smallest absolute Gasteiger partial charge is 0.345 e. The second-order valence-corrected chi connectivity index (χ2v) is 4.90. The van der Waals surface area contributed by atoms with Gasteiger partial charge in [0.05, 0.1) is 0 Å². The third-order valence-electron chi connectivity index (χ3n) is 2.40. The Morgan fingerprint density at radius 3 is 2.60 bits per heavy atom. The number of rotatable bonds is 7. The lowest BCUT2D eigenvalue weighted by Gasteiger charge is -1.97. The molecule has 15 heavy (non-hydrogen) atoms. The van der Waals surface area contributed by atoms with Crippen LogP contribution in [0.5, 0.6) is 0 Å². The van der Waals surface area contributed by atoms with Crippen LogP contribution in [0.25, 0.3) is 0 Å². The Labute approximate surface area is 94.9 Å². The minimum absolute atomic E-state index is 0.457. The van der Waals surface area contributed by atoms with Crippen molar-refractivity contribution < 1.29 is 9.90 Å². The van der Waals surface area contributed by atoms with E-state index in [1.807, 2.05) is 6.07 Å². The highest BCUT2D eigenvalue weighted by atomic mass is 32.1. The molecule has 1 heterocycles. The van der Waals surface area contributed by atoms with E-state index in [-0.39, 0.29) is 0 Å². The second kappa shape index (κ2) is 6.62. The molecule has 1 rings (SSSR count). The number of carboxylic acids is 1. The molecule has 0 radical (unpaired) electrons.